The van der Waals surface area contributed by atoms with Crippen molar-refractivity contribution in [1.82, 2.24) is 9.78 Å². The SMILES string of the molecule is Cc1c2cc(C(C)C)c(Cl)cc2nn1C. The summed E-state index contributed by atoms with van der Waals surface area (Å²) in [5.41, 5.74) is 3.35. The van der Waals surface area contributed by atoms with Crippen molar-refractivity contribution in [3.05, 3.63) is 28.4 Å². The molecule has 0 unspecified atom stereocenters. The Labute approximate surface area is 94.8 Å². The third kappa shape index (κ3) is 1.63. The molecule has 0 spiro atoms. The van der Waals surface area contributed by atoms with E-state index in [0.29, 0.717) is 5.92 Å². The van der Waals surface area contributed by atoms with E-state index >= 15 is 0 Å². The normalized spacial score (nSPS) is 11.6. The Morgan fingerprint density at radius 1 is 1.33 bits per heavy atom. The number of rotatable bonds is 1. The second-order valence-electron chi connectivity index (χ2n) is 4.25. The number of hydrogen-bond acceptors (Lipinski definition) is 1. The first kappa shape index (κ1) is 10.5. The second kappa shape index (κ2) is 3.53. The monoisotopic (exact) mass is 222 g/mol. The molecule has 15 heavy (non-hydrogen) atoms. The molecule has 0 atom stereocenters. The van der Waals surface area contributed by atoms with Crippen molar-refractivity contribution in [3.63, 3.8) is 0 Å². The van der Waals surface area contributed by atoms with Gasteiger partial charge in [-0.3, -0.25) is 4.68 Å². The topological polar surface area (TPSA) is 17.8 Å². The summed E-state index contributed by atoms with van der Waals surface area (Å²) in [4.78, 5) is 0. The van der Waals surface area contributed by atoms with Crippen LogP contribution in [0.3, 0.4) is 0 Å². The van der Waals surface area contributed by atoms with Crippen LogP contribution < -0.4 is 0 Å². The van der Waals surface area contributed by atoms with E-state index in [4.69, 9.17) is 11.6 Å². The maximum absolute atomic E-state index is 6.21. The minimum absolute atomic E-state index is 0.446. The third-order valence-electron chi connectivity index (χ3n) is 2.87. The van der Waals surface area contributed by atoms with Crippen LogP contribution >= 0.6 is 11.6 Å². The minimum atomic E-state index is 0.446. The van der Waals surface area contributed by atoms with Gasteiger partial charge in [0.25, 0.3) is 0 Å². The Morgan fingerprint density at radius 3 is 2.60 bits per heavy atom. The zero-order valence-corrected chi connectivity index (χ0v) is 10.3. The molecule has 2 aromatic rings. The largest absolute Gasteiger partial charge is 0.272 e. The molecule has 1 aromatic carbocycles. The molecule has 2 rings (SSSR count). The molecule has 1 heterocycles. The fraction of sp³-hybridized carbons (Fsp3) is 0.417. The third-order valence-corrected chi connectivity index (χ3v) is 3.20. The van der Waals surface area contributed by atoms with Gasteiger partial charge in [0.15, 0.2) is 0 Å². The summed E-state index contributed by atoms with van der Waals surface area (Å²) in [5, 5.41) is 6.42. The first-order chi connectivity index (χ1) is 7.00. The molecule has 0 aliphatic heterocycles. The standard InChI is InChI=1S/C12H15ClN2/c1-7(2)9-5-10-8(3)15(4)14-12(10)6-11(9)13/h5-7H,1-4H3. The molecule has 0 radical (unpaired) electrons. The van der Waals surface area contributed by atoms with Gasteiger partial charge in [0.05, 0.1) is 5.52 Å². The summed E-state index contributed by atoms with van der Waals surface area (Å²) in [6.45, 7) is 6.38. The van der Waals surface area contributed by atoms with Crippen LogP contribution in [0, 0.1) is 6.92 Å². The molecule has 0 saturated heterocycles. The zero-order valence-electron chi connectivity index (χ0n) is 9.50. The summed E-state index contributed by atoms with van der Waals surface area (Å²) in [6.07, 6.45) is 0. The predicted molar refractivity (Wildman–Crippen MR) is 64.6 cm³/mol. The minimum Gasteiger partial charge on any atom is -0.272 e. The van der Waals surface area contributed by atoms with E-state index in [0.717, 1.165) is 10.5 Å². The van der Waals surface area contributed by atoms with Gasteiger partial charge in [-0.1, -0.05) is 25.4 Å². The Hall–Kier alpha value is -1.02. The van der Waals surface area contributed by atoms with Crippen LogP contribution in [0.1, 0.15) is 31.0 Å². The van der Waals surface area contributed by atoms with E-state index in [1.54, 1.807) is 0 Å². The lowest BCUT2D eigenvalue weighted by molar-refractivity contribution is 0.751. The van der Waals surface area contributed by atoms with E-state index < -0.39 is 0 Å². The molecule has 80 valence electrons. The Bertz CT molecular complexity index is 512. The highest BCUT2D eigenvalue weighted by atomic mass is 35.5. The Balaban J connectivity index is 2.77. The molecule has 3 heteroatoms. The molecule has 0 amide bonds. The van der Waals surface area contributed by atoms with E-state index in [-0.39, 0.29) is 0 Å². The molecular formula is C12H15ClN2. The highest BCUT2D eigenvalue weighted by Crippen LogP contribution is 2.30. The van der Waals surface area contributed by atoms with Gasteiger partial charge in [0, 0.05) is 23.2 Å². The second-order valence-corrected chi connectivity index (χ2v) is 4.66. The van der Waals surface area contributed by atoms with Crippen molar-refractivity contribution < 1.29 is 0 Å². The number of halogens is 1. The maximum atomic E-state index is 6.21. The summed E-state index contributed by atoms with van der Waals surface area (Å²) < 4.78 is 1.89. The average molecular weight is 223 g/mol. The van der Waals surface area contributed by atoms with Crippen molar-refractivity contribution in [1.29, 1.82) is 0 Å². The smallest absolute Gasteiger partial charge is 0.0941 e. The molecule has 2 nitrogen and oxygen atoms in total. The van der Waals surface area contributed by atoms with Crippen LogP contribution in [0.15, 0.2) is 12.1 Å². The van der Waals surface area contributed by atoms with Gasteiger partial charge in [0.1, 0.15) is 0 Å². The molecule has 0 N–H and O–H groups in total. The number of nitrogens with zero attached hydrogens (tertiary/aromatic N) is 2. The van der Waals surface area contributed by atoms with Crippen molar-refractivity contribution in [3.8, 4) is 0 Å². The summed E-state index contributed by atoms with van der Waals surface area (Å²) >= 11 is 6.21. The number of aromatic nitrogens is 2. The van der Waals surface area contributed by atoms with Crippen LogP contribution in [0.4, 0.5) is 0 Å². The molecule has 0 aliphatic rings. The van der Waals surface area contributed by atoms with Crippen LogP contribution in [-0.4, -0.2) is 9.78 Å². The van der Waals surface area contributed by atoms with E-state index in [1.807, 2.05) is 17.8 Å². The van der Waals surface area contributed by atoms with Gasteiger partial charge < -0.3 is 0 Å². The number of fused-ring (bicyclic) bond motifs is 1. The lowest BCUT2D eigenvalue weighted by Crippen LogP contribution is -1.91. The van der Waals surface area contributed by atoms with Crippen molar-refractivity contribution in [2.24, 2.45) is 7.05 Å². The fourth-order valence-corrected chi connectivity index (χ4v) is 2.18. The first-order valence-electron chi connectivity index (χ1n) is 5.13. The zero-order chi connectivity index (χ0) is 11.2. The molecular weight excluding hydrogens is 208 g/mol. The van der Waals surface area contributed by atoms with Crippen LogP contribution in [0.2, 0.25) is 5.02 Å². The lowest BCUT2D eigenvalue weighted by atomic mass is 10.0. The predicted octanol–water partition coefficient (Wildman–Crippen LogP) is 3.66. The number of aryl methyl sites for hydroxylation is 2. The summed E-state index contributed by atoms with van der Waals surface area (Å²) in [7, 11) is 1.96. The number of hydrogen-bond donors (Lipinski definition) is 0. The van der Waals surface area contributed by atoms with Gasteiger partial charge in [-0.25, -0.2) is 0 Å². The van der Waals surface area contributed by atoms with Crippen LogP contribution in [0.25, 0.3) is 10.9 Å². The Morgan fingerprint density at radius 2 is 2.00 bits per heavy atom. The van der Waals surface area contributed by atoms with E-state index in [1.165, 1.54) is 16.6 Å². The van der Waals surface area contributed by atoms with Gasteiger partial charge in [-0.15, -0.1) is 0 Å². The van der Waals surface area contributed by atoms with Crippen LogP contribution in [0.5, 0.6) is 0 Å². The quantitative estimate of drug-likeness (QED) is 0.720. The van der Waals surface area contributed by atoms with Gasteiger partial charge in [-0.05, 0) is 30.5 Å². The Kier molecular flexibility index (Phi) is 2.47. The van der Waals surface area contributed by atoms with E-state index in [9.17, 15) is 0 Å². The molecule has 0 saturated carbocycles. The maximum Gasteiger partial charge on any atom is 0.0941 e. The summed E-state index contributed by atoms with van der Waals surface area (Å²) in [6, 6.07) is 4.11. The number of benzene rings is 1. The van der Waals surface area contributed by atoms with Gasteiger partial charge in [-0.2, -0.15) is 5.10 Å². The van der Waals surface area contributed by atoms with Crippen LogP contribution in [-0.2, 0) is 7.05 Å². The molecule has 0 aliphatic carbocycles. The van der Waals surface area contributed by atoms with Crippen molar-refractivity contribution in [2.75, 3.05) is 0 Å². The van der Waals surface area contributed by atoms with Crippen molar-refractivity contribution >= 4 is 22.5 Å². The summed E-state index contributed by atoms with van der Waals surface area (Å²) in [5.74, 6) is 0.446. The van der Waals surface area contributed by atoms with Gasteiger partial charge in [0.2, 0.25) is 0 Å². The molecule has 1 aromatic heterocycles. The average Bonchev–Trinajstić information content (AvgIpc) is 2.41. The fourth-order valence-electron chi connectivity index (χ4n) is 1.81. The highest BCUT2D eigenvalue weighted by Gasteiger charge is 2.11. The van der Waals surface area contributed by atoms with Crippen molar-refractivity contribution in [2.45, 2.75) is 26.7 Å². The lowest BCUT2D eigenvalue weighted by Gasteiger charge is -2.07. The van der Waals surface area contributed by atoms with E-state index in [2.05, 4.69) is 31.9 Å². The van der Waals surface area contributed by atoms with Gasteiger partial charge >= 0.3 is 0 Å². The molecule has 0 bridgehead atoms. The molecule has 0 fully saturated rings. The highest BCUT2D eigenvalue weighted by molar-refractivity contribution is 6.32. The first-order valence-corrected chi connectivity index (χ1v) is 5.51.